The Bertz CT molecular complexity index is 1040. The van der Waals surface area contributed by atoms with Gasteiger partial charge in [-0.2, -0.15) is 0 Å². The van der Waals surface area contributed by atoms with E-state index in [0.29, 0.717) is 12.3 Å². The van der Waals surface area contributed by atoms with Crippen LogP contribution in [0.4, 0.5) is 0 Å². The van der Waals surface area contributed by atoms with Gasteiger partial charge in [-0.15, -0.1) is 0 Å². The van der Waals surface area contributed by atoms with Gasteiger partial charge in [-0.1, -0.05) is 61.5 Å². The second-order valence-electron chi connectivity index (χ2n) is 9.30. The van der Waals surface area contributed by atoms with E-state index >= 15 is 0 Å². The number of nitrogens with zero attached hydrogens (tertiary/aromatic N) is 3. The molecule has 5 heteroatoms. The molecule has 0 spiro atoms. The number of piperidine rings is 1. The van der Waals surface area contributed by atoms with Gasteiger partial charge in [-0.25, -0.2) is 9.97 Å². The summed E-state index contributed by atoms with van der Waals surface area (Å²) in [6, 6.07) is 19.0. The minimum absolute atomic E-state index is 0.141. The Hall–Kier alpha value is -3.05. The van der Waals surface area contributed by atoms with E-state index in [2.05, 4.69) is 75.6 Å². The number of hydrogen-bond donors (Lipinski definition) is 1. The number of benzene rings is 2. The van der Waals surface area contributed by atoms with E-state index in [4.69, 9.17) is 0 Å². The summed E-state index contributed by atoms with van der Waals surface area (Å²) < 4.78 is 0. The van der Waals surface area contributed by atoms with E-state index in [9.17, 15) is 4.79 Å². The molecule has 2 atom stereocenters. The predicted molar refractivity (Wildman–Crippen MR) is 133 cm³/mol. The molecule has 33 heavy (non-hydrogen) atoms. The predicted octanol–water partition coefficient (Wildman–Crippen LogP) is 4.71. The van der Waals surface area contributed by atoms with Crippen molar-refractivity contribution >= 4 is 5.91 Å². The van der Waals surface area contributed by atoms with Gasteiger partial charge < -0.3 is 10.2 Å². The Labute approximate surface area is 197 Å². The van der Waals surface area contributed by atoms with E-state index in [0.717, 1.165) is 50.0 Å². The van der Waals surface area contributed by atoms with Crippen LogP contribution in [0.1, 0.15) is 43.2 Å². The minimum atomic E-state index is -0.436. The van der Waals surface area contributed by atoms with Gasteiger partial charge in [-0.3, -0.25) is 4.79 Å². The number of rotatable bonds is 8. The van der Waals surface area contributed by atoms with Gasteiger partial charge in [0.1, 0.15) is 6.33 Å². The zero-order valence-corrected chi connectivity index (χ0v) is 19.7. The van der Waals surface area contributed by atoms with Crippen molar-refractivity contribution in [3.05, 3.63) is 84.4 Å². The molecule has 0 saturated carbocycles. The maximum absolute atomic E-state index is 13.3. The summed E-state index contributed by atoms with van der Waals surface area (Å²) in [7, 11) is 1.76. The summed E-state index contributed by atoms with van der Waals surface area (Å²) in [5.74, 6) is 0.642. The molecule has 5 nitrogen and oxygen atoms in total. The third-order valence-electron chi connectivity index (χ3n) is 7.03. The molecule has 1 fully saturated rings. The van der Waals surface area contributed by atoms with E-state index in [1.807, 2.05) is 18.5 Å². The maximum atomic E-state index is 13.3. The molecule has 2 heterocycles. The number of amides is 1. The average molecular weight is 443 g/mol. The van der Waals surface area contributed by atoms with Gasteiger partial charge in [-0.05, 0) is 61.4 Å². The normalized spacial score (nSPS) is 19.7. The van der Waals surface area contributed by atoms with Crippen LogP contribution in [0.15, 0.2) is 73.3 Å². The highest BCUT2D eigenvalue weighted by molar-refractivity contribution is 5.83. The Morgan fingerprint density at radius 2 is 1.82 bits per heavy atom. The molecular weight excluding hydrogens is 408 g/mol. The third kappa shape index (κ3) is 5.48. The van der Waals surface area contributed by atoms with Crippen LogP contribution in [0.3, 0.4) is 0 Å². The van der Waals surface area contributed by atoms with Crippen LogP contribution >= 0.6 is 0 Å². The van der Waals surface area contributed by atoms with Gasteiger partial charge in [0.25, 0.3) is 0 Å². The molecule has 1 aliphatic heterocycles. The molecule has 1 amide bonds. The zero-order valence-electron chi connectivity index (χ0n) is 19.7. The van der Waals surface area contributed by atoms with Crippen LogP contribution in [-0.4, -0.2) is 47.5 Å². The third-order valence-corrected chi connectivity index (χ3v) is 7.03. The molecule has 0 radical (unpaired) electrons. The van der Waals surface area contributed by atoms with Crippen LogP contribution in [-0.2, 0) is 11.2 Å². The first kappa shape index (κ1) is 23.1. The highest BCUT2D eigenvalue weighted by atomic mass is 16.2. The highest BCUT2D eigenvalue weighted by Crippen LogP contribution is 2.37. The number of hydrogen-bond acceptors (Lipinski definition) is 4. The molecule has 1 aromatic heterocycles. The van der Waals surface area contributed by atoms with Gasteiger partial charge in [0.15, 0.2) is 0 Å². The lowest BCUT2D eigenvalue weighted by Crippen LogP contribution is -2.52. The van der Waals surface area contributed by atoms with E-state index in [-0.39, 0.29) is 5.91 Å². The minimum Gasteiger partial charge on any atom is -0.359 e. The Balaban J connectivity index is 1.53. The molecule has 1 saturated heterocycles. The van der Waals surface area contributed by atoms with Crippen molar-refractivity contribution in [3.8, 4) is 11.1 Å². The zero-order chi connectivity index (χ0) is 23.1. The summed E-state index contributed by atoms with van der Waals surface area (Å²) in [6.45, 7) is 5.13. The molecule has 0 unspecified atom stereocenters. The lowest BCUT2D eigenvalue weighted by Gasteiger charge is -2.42. The van der Waals surface area contributed by atoms with Crippen LogP contribution in [0.5, 0.6) is 0 Å². The fourth-order valence-electron chi connectivity index (χ4n) is 5.18. The van der Waals surface area contributed by atoms with E-state index in [1.165, 1.54) is 11.1 Å². The number of nitrogens with one attached hydrogen (secondary N) is 1. The first-order valence-corrected chi connectivity index (χ1v) is 11.9. The van der Waals surface area contributed by atoms with E-state index < -0.39 is 5.41 Å². The topological polar surface area (TPSA) is 58.1 Å². The highest BCUT2D eigenvalue weighted by Gasteiger charge is 2.42. The second-order valence-corrected chi connectivity index (χ2v) is 9.30. The van der Waals surface area contributed by atoms with Crippen LogP contribution < -0.4 is 5.32 Å². The second kappa shape index (κ2) is 10.7. The van der Waals surface area contributed by atoms with Crippen LogP contribution in [0.2, 0.25) is 0 Å². The van der Waals surface area contributed by atoms with Crippen molar-refractivity contribution in [3.63, 3.8) is 0 Å². The van der Waals surface area contributed by atoms with Crippen molar-refractivity contribution < 1.29 is 4.79 Å². The SMILES string of the molecule is CNC(=O)[C@@]1(Cc2ccccc2-c2cncnc2)CCCN(CC[C@@H](C)c2ccccc2)C1. The molecule has 1 aliphatic rings. The van der Waals surface area contributed by atoms with Crippen molar-refractivity contribution in [2.45, 2.75) is 38.5 Å². The molecule has 0 aliphatic carbocycles. The van der Waals surface area contributed by atoms with Gasteiger partial charge in [0.2, 0.25) is 5.91 Å². The molecule has 3 aromatic rings. The van der Waals surface area contributed by atoms with Crippen LogP contribution in [0, 0.1) is 5.41 Å². The molecule has 2 aromatic carbocycles. The Morgan fingerprint density at radius 1 is 1.09 bits per heavy atom. The summed E-state index contributed by atoms with van der Waals surface area (Å²) >= 11 is 0. The van der Waals surface area contributed by atoms with Gasteiger partial charge in [0.05, 0.1) is 5.41 Å². The molecule has 172 valence electrons. The average Bonchev–Trinajstić information content (AvgIpc) is 2.88. The Kier molecular flexibility index (Phi) is 7.50. The molecular formula is C28H34N4O. The maximum Gasteiger partial charge on any atom is 0.227 e. The van der Waals surface area contributed by atoms with Crippen molar-refractivity contribution in [2.24, 2.45) is 5.41 Å². The smallest absolute Gasteiger partial charge is 0.227 e. The summed E-state index contributed by atoms with van der Waals surface area (Å²) in [6.07, 6.45) is 8.97. The van der Waals surface area contributed by atoms with Crippen molar-refractivity contribution in [1.29, 1.82) is 0 Å². The lowest BCUT2D eigenvalue weighted by atomic mass is 9.73. The fourth-order valence-corrected chi connectivity index (χ4v) is 5.18. The summed E-state index contributed by atoms with van der Waals surface area (Å²) in [5.41, 5.74) is 4.22. The standard InChI is InChI=1S/C28H34N4O/c1-22(23-9-4-3-5-10-23)13-16-32-15-8-14-28(20-32,27(33)29-2)17-24-11-6-7-12-26(24)25-18-30-21-31-19-25/h3-7,9-12,18-19,21-22H,8,13-17,20H2,1-2H3,(H,29,33)/t22-,28-/m1/s1. The monoisotopic (exact) mass is 442 g/mol. The summed E-state index contributed by atoms with van der Waals surface area (Å²) in [4.78, 5) is 24.2. The first-order chi connectivity index (χ1) is 16.1. The van der Waals surface area contributed by atoms with Crippen molar-refractivity contribution in [2.75, 3.05) is 26.7 Å². The quantitative estimate of drug-likeness (QED) is 0.549. The molecule has 1 N–H and O–H groups in total. The van der Waals surface area contributed by atoms with Crippen LogP contribution in [0.25, 0.3) is 11.1 Å². The fraction of sp³-hybridized carbons (Fsp3) is 0.393. The number of carbonyl (C=O) groups is 1. The molecule has 0 bridgehead atoms. The first-order valence-electron chi connectivity index (χ1n) is 11.9. The summed E-state index contributed by atoms with van der Waals surface area (Å²) in [5, 5.41) is 2.98. The van der Waals surface area contributed by atoms with Gasteiger partial charge in [0, 0.05) is 31.5 Å². The largest absolute Gasteiger partial charge is 0.359 e. The lowest BCUT2D eigenvalue weighted by molar-refractivity contribution is -0.134. The Morgan fingerprint density at radius 3 is 2.58 bits per heavy atom. The number of carbonyl (C=O) groups excluding carboxylic acids is 1. The van der Waals surface area contributed by atoms with E-state index in [1.54, 1.807) is 13.4 Å². The number of aromatic nitrogens is 2. The van der Waals surface area contributed by atoms with Gasteiger partial charge >= 0.3 is 0 Å². The number of likely N-dealkylation sites (tertiary alicyclic amines) is 1. The van der Waals surface area contributed by atoms with Crippen molar-refractivity contribution in [1.82, 2.24) is 20.2 Å². The molecule has 4 rings (SSSR count).